The third kappa shape index (κ3) is 5.56. The van der Waals surface area contributed by atoms with Crippen molar-refractivity contribution in [3.05, 3.63) is 103 Å². The zero-order chi connectivity index (χ0) is 22.7. The third-order valence-electron chi connectivity index (χ3n) is 4.67. The molecule has 1 saturated heterocycles. The van der Waals surface area contributed by atoms with Gasteiger partial charge in [-0.25, -0.2) is 0 Å². The van der Waals surface area contributed by atoms with Gasteiger partial charge in [0.2, 0.25) is 0 Å². The van der Waals surface area contributed by atoms with E-state index in [0.717, 1.165) is 32.9 Å². The van der Waals surface area contributed by atoms with Gasteiger partial charge in [0.05, 0.1) is 11.4 Å². The van der Waals surface area contributed by atoms with E-state index in [-0.39, 0.29) is 24.3 Å². The van der Waals surface area contributed by atoms with Crippen LogP contribution in [0, 0.1) is 0 Å². The van der Waals surface area contributed by atoms with Gasteiger partial charge >= 0.3 is 0 Å². The maximum Gasteiger partial charge on any atom is 0.293 e. The van der Waals surface area contributed by atoms with Crippen molar-refractivity contribution >= 4 is 68.1 Å². The molecule has 0 aromatic heterocycles. The molecular formula is C24H16BrCl2NO3S. The maximum absolute atomic E-state index is 12.8. The van der Waals surface area contributed by atoms with Crippen LogP contribution in [0.5, 0.6) is 5.75 Å². The molecule has 1 aliphatic rings. The summed E-state index contributed by atoms with van der Waals surface area (Å²) in [4.78, 5) is 26.9. The summed E-state index contributed by atoms with van der Waals surface area (Å²) in [7, 11) is 0. The van der Waals surface area contributed by atoms with Crippen molar-refractivity contribution in [2.24, 2.45) is 0 Å². The van der Waals surface area contributed by atoms with Gasteiger partial charge in [-0.1, -0.05) is 69.5 Å². The van der Waals surface area contributed by atoms with Crippen molar-refractivity contribution in [2.75, 3.05) is 0 Å². The Bertz CT molecular complexity index is 1230. The number of halogens is 3. The zero-order valence-electron chi connectivity index (χ0n) is 16.6. The fraction of sp³-hybridized carbons (Fsp3) is 0.0833. The Labute approximate surface area is 208 Å². The number of rotatable bonds is 6. The van der Waals surface area contributed by atoms with Crippen LogP contribution in [0.2, 0.25) is 10.0 Å². The Balaban J connectivity index is 1.46. The van der Waals surface area contributed by atoms with Crippen LogP contribution in [0.4, 0.5) is 4.79 Å². The topological polar surface area (TPSA) is 46.6 Å². The number of hydrogen-bond acceptors (Lipinski definition) is 4. The molecule has 0 unspecified atom stereocenters. The average Bonchev–Trinajstić information content (AvgIpc) is 3.01. The Hall–Kier alpha value is -2.25. The lowest BCUT2D eigenvalue weighted by Crippen LogP contribution is -2.27. The molecule has 32 heavy (non-hydrogen) atoms. The van der Waals surface area contributed by atoms with Crippen molar-refractivity contribution in [3.63, 3.8) is 0 Å². The highest BCUT2D eigenvalue weighted by atomic mass is 79.9. The smallest absolute Gasteiger partial charge is 0.293 e. The van der Waals surface area contributed by atoms with Crippen LogP contribution in [0.15, 0.2) is 76.1 Å². The molecule has 2 amide bonds. The fourth-order valence-corrected chi connectivity index (χ4v) is 4.85. The summed E-state index contributed by atoms with van der Waals surface area (Å²) in [6.07, 6.45) is 1.70. The summed E-state index contributed by atoms with van der Waals surface area (Å²) in [5.74, 6) is 0.317. The van der Waals surface area contributed by atoms with E-state index >= 15 is 0 Å². The van der Waals surface area contributed by atoms with Gasteiger partial charge < -0.3 is 4.74 Å². The molecule has 0 aliphatic carbocycles. The minimum Gasteiger partial charge on any atom is -0.489 e. The van der Waals surface area contributed by atoms with Crippen LogP contribution in [0.3, 0.4) is 0 Å². The molecule has 1 aliphatic heterocycles. The molecule has 162 valence electrons. The van der Waals surface area contributed by atoms with Crippen LogP contribution in [0.25, 0.3) is 6.08 Å². The van der Waals surface area contributed by atoms with E-state index in [4.69, 9.17) is 27.9 Å². The van der Waals surface area contributed by atoms with Crippen molar-refractivity contribution in [2.45, 2.75) is 13.2 Å². The molecule has 1 fully saturated rings. The fourth-order valence-electron chi connectivity index (χ4n) is 3.10. The van der Waals surface area contributed by atoms with E-state index in [0.29, 0.717) is 20.7 Å². The number of amides is 2. The quantitative estimate of drug-likeness (QED) is 0.298. The second-order valence-electron chi connectivity index (χ2n) is 6.99. The summed E-state index contributed by atoms with van der Waals surface area (Å²) in [6, 6.07) is 20.1. The van der Waals surface area contributed by atoms with Crippen molar-refractivity contribution < 1.29 is 14.3 Å². The molecule has 3 aromatic rings. The summed E-state index contributed by atoms with van der Waals surface area (Å²) < 4.78 is 6.74. The van der Waals surface area contributed by atoms with E-state index in [9.17, 15) is 9.59 Å². The highest BCUT2D eigenvalue weighted by Crippen LogP contribution is 2.34. The normalized spacial score (nSPS) is 15.0. The molecule has 1 heterocycles. The second kappa shape index (κ2) is 10.1. The van der Waals surface area contributed by atoms with E-state index in [1.807, 2.05) is 54.6 Å². The van der Waals surface area contributed by atoms with Gasteiger partial charge in [-0.05, 0) is 65.4 Å². The first-order valence-corrected chi connectivity index (χ1v) is 11.9. The molecule has 4 nitrogen and oxygen atoms in total. The van der Waals surface area contributed by atoms with Gasteiger partial charge in [0.1, 0.15) is 12.4 Å². The first-order valence-electron chi connectivity index (χ1n) is 9.55. The number of hydrogen-bond donors (Lipinski definition) is 0. The van der Waals surface area contributed by atoms with Crippen LogP contribution < -0.4 is 4.74 Å². The summed E-state index contributed by atoms with van der Waals surface area (Å²) in [5, 5.41) is 0.813. The van der Waals surface area contributed by atoms with Gasteiger partial charge in [0.15, 0.2) is 0 Å². The van der Waals surface area contributed by atoms with E-state index < -0.39 is 0 Å². The SMILES string of the molecule is O=C1S/C(=C/c2cccc(OCc3ccc(Cl)cc3Cl)c2)C(=O)N1Cc1cccc(Br)c1. The molecule has 0 atom stereocenters. The van der Waals surface area contributed by atoms with E-state index in [1.165, 1.54) is 4.90 Å². The number of ether oxygens (including phenoxy) is 1. The standard InChI is InChI=1S/C24H16BrCl2NO3S/c25-18-5-1-4-16(9-18)13-28-23(29)22(32-24(28)30)11-15-3-2-6-20(10-15)31-14-17-7-8-19(26)12-21(17)27/h1-12H,13-14H2/b22-11+. The Morgan fingerprint density at radius 1 is 1.00 bits per heavy atom. The van der Waals surface area contributed by atoms with Gasteiger partial charge in [0.25, 0.3) is 11.1 Å². The summed E-state index contributed by atoms with van der Waals surface area (Å²) in [5.41, 5.74) is 2.45. The van der Waals surface area contributed by atoms with Crippen LogP contribution in [-0.2, 0) is 17.9 Å². The summed E-state index contributed by atoms with van der Waals surface area (Å²) >= 11 is 16.5. The highest BCUT2D eigenvalue weighted by Gasteiger charge is 2.35. The number of nitrogens with zero attached hydrogens (tertiary/aromatic N) is 1. The molecular weight excluding hydrogens is 533 g/mol. The molecule has 4 rings (SSSR count). The second-order valence-corrected chi connectivity index (χ2v) is 9.75. The zero-order valence-corrected chi connectivity index (χ0v) is 20.5. The predicted octanol–water partition coefficient (Wildman–Crippen LogP) is 7.57. The third-order valence-corrected chi connectivity index (χ3v) is 6.66. The first kappa shape index (κ1) is 22.9. The lowest BCUT2D eigenvalue weighted by Gasteiger charge is -2.12. The van der Waals surface area contributed by atoms with Crippen molar-refractivity contribution in [1.29, 1.82) is 0 Å². The monoisotopic (exact) mass is 547 g/mol. The summed E-state index contributed by atoms with van der Waals surface area (Å²) in [6.45, 7) is 0.509. The highest BCUT2D eigenvalue weighted by molar-refractivity contribution is 9.10. The van der Waals surface area contributed by atoms with E-state index in [1.54, 1.807) is 18.2 Å². The Morgan fingerprint density at radius 3 is 2.59 bits per heavy atom. The largest absolute Gasteiger partial charge is 0.489 e. The number of imide groups is 1. The van der Waals surface area contributed by atoms with Crippen molar-refractivity contribution in [3.8, 4) is 5.75 Å². The van der Waals surface area contributed by atoms with Crippen LogP contribution >= 0.6 is 50.9 Å². The minimum atomic E-state index is -0.306. The average molecular weight is 549 g/mol. The number of carbonyl (C=O) groups is 2. The van der Waals surface area contributed by atoms with Crippen LogP contribution in [0.1, 0.15) is 16.7 Å². The molecule has 8 heteroatoms. The maximum atomic E-state index is 12.8. The Kier molecular flexibility index (Phi) is 7.26. The number of thioether (sulfide) groups is 1. The van der Waals surface area contributed by atoms with Crippen LogP contribution in [-0.4, -0.2) is 16.0 Å². The molecule has 0 spiro atoms. The Morgan fingerprint density at radius 2 is 1.81 bits per heavy atom. The molecule has 0 bridgehead atoms. The minimum absolute atomic E-state index is 0.229. The van der Waals surface area contributed by atoms with Crippen molar-refractivity contribution in [1.82, 2.24) is 4.90 Å². The number of benzene rings is 3. The van der Waals surface area contributed by atoms with Gasteiger partial charge in [0, 0.05) is 20.1 Å². The lowest BCUT2D eigenvalue weighted by atomic mass is 10.2. The molecule has 0 N–H and O–H groups in total. The van der Waals surface area contributed by atoms with Gasteiger partial charge in [-0.2, -0.15) is 0 Å². The molecule has 3 aromatic carbocycles. The van der Waals surface area contributed by atoms with E-state index in [2.05, 4.69) is 15.9 Å². The molecule has 0 radical (unpaired) electrons. The van der Waals surface area contributed by atoms with Gasteiger partial charge in [-0.3, -0.25) is 14.5 Å². The first-order chi connectivity index (χ1) is 15.4. The lowest BCUT2D eigenvalue weighted by molar-refractivity contribution is -0.123. The predicted molar refractivity (Wildman–Crippen MR) is 133 cm³/mol. The molecule has 0 saturated carbocycles. The van der Waals surface area contributed by atoms with Gasteiger partial charge in [-0.15, -0.1) is 0 Å². The number of carbonyl (C=O) groups excluding carboxylic acids is 2.